The molecule has 2 unspecified atom stereocenters. The number of carbonyl (C=O) groups excluding carboxylic acids is 3. The molecule has 3 saturated heterocycles. The van der Waals surface area contributed by atoms with E-state index < -0.39 is 41.6 Å². The van der Waals surface area contributed by atoms with Crippen molar-refractivity contribution in [2.24, 2.45) is 11.8 Å². The Labute approximate surface area is 222 Å². The summed E-state index contributed by atoms with van der Waals surface area (Å²) in [6.45, 7) is 5.98. The maximum atomic E-state index is 14.5. The van der Waals surface area contributed by atoms with E-state index in [1.807, 2.05) is 60.7 Å². The number of hydrogen-bond acceptors (Lipinski definition) is 6. The fourth-order valence-corrected chi connectivity index (χ4v) is 6.61. The highest BCUT2D eigenvalue weighted by molar-refractivity contribution is 5.98. The number of aliphatic hydroxyl groups is 1. The smallest absolute Gasteiger partial charge is 0.312 e. The fraction of sp³-hybridized carbons (Fsp3) is 0.433. The van der Waals surface area contributed by atoms with Crippen LogP contribution in [0.5, 0.6) is 0 Å². The number of benzene rings is 2. The van der Waals surface area contributed by atoms with Crippen LogP contribution in [0.2, 0.25) is 0 Å². The van der Waals surface area contributed by atoms with Gasteiger partial charge in [0.05, 0.1) is 37.2 Å². The first-order valence-corrected chi connectivity index (χ1v) is 13.2. The van der Waals surface area contributed by atoms with Gasteiger partial charge in [-0.1, -0.05) is 66.7 Å². The molecular formula is C30H34N2O6. The van der Waals surface area contributed by atoms with Crippen molar-refractivity contribution >= 4 is 17.8 Å². The van der Waals surface area contributed by atoms with E-state index >= 15 is 0 Å². The molecule has 0 saturated carbocycles. The highest BCUT2D eigenvalue weighted by atomic mass is 16.6. The lowest BCUT2D eigenvalue weighted by molar-refractivity contribution is -0.156. The van der Waals surface area contributed by atoms with E-state index in [9.17, 15) is 19.5 Å². The van der Waals surface area contributed by atoms with Crippen LogP contribution < -0.4 is 0 Å². The van der Waals surface area contributed by atoms with E-state index in [-0.39, 0.29) is 31.6 Å². The maximum absolute atomic E-state index is 14.5. The molecule has 8 nitrogen and oxygen atoms in total. The lowest BCUT2D eigenvalue weighted by Crippen LogP contribution is -2.57. The van der Waals surface area contributed by atoms with E-state index in [2.05, 4.69) is 6.58 Å². The molecule has 0 aliphatic carbocycles. The number of ether oxygens (including phenoxy) is 2. The highest BCUT2D eigenvalue weighted by Crippen LogP contribution is 2.60. The Balaban J connectivity index is 1.60. The minimum atomic E-state index is -1.17. The Morgan fingerprint density at radius 3 is 2.53 bits per heavy atom. The third kappa shape index (κ3) is 4.22. The number of nitrogens with zero attached hydrogens (tertiary/aromatic N) is 2. The summed E-state index contributed by atoms with van der Waals surface area (Å²) < 4.78 is 11.8. The first-order valence-electron chi connectivity index (χ1n) is 13.2. The van der Waals surface area contributed by atoms with Crippen LogP contribution in [0.3, 0.4) is 0 Å². The van der Waals surface area contributed by atoms with E-state index in [0.29, 0.717) is 24.9 Å². The second-order valence-corrected chi connectivity index (χ2v) is 10.2. The predicted octanol–water partition coefficient (Wildman–Crippen LogP) is 2.87. The Bertz CT molecular complexity index is 1190. The molecule has 1 spiro atoms. The van der Waals surface area contributed by atoms with Crippen molar-refractivity contribution in [1.29, 1.82) is 0 Å². The Kier molecular flexibility index (Phi) is 7.36. The van der Waals surface area contributed by atoms with Gasteiger partial charge in [0.25, 0.3) is 0 Å². The molecule has 5 rings (SSSR count). The molecule has 2 aromatic carbocycles. The second kappa shape index (κ2) is 10.7. The minimum Gasteiger partial charge on any atom is -0.466 e. The van der Waals surface area contributed by atoms with Gasteiger partial charge in [0.15, 0.2) is 0 Å². The third-order valence-corrected chi connectivity index (χ3v) is 8.10. The van der Waals surface area contributed by atoms with Crippen LogP contribution in [0.25, 0.3) is 0 Å². The first kappa shape index (κ1) is 26.1. The van der Waals surface area contributed by atoms with Crippen molar-refractivity contribution in [2.45, 2.75) is 50.1 Å². The van der Waals surface area contributed by atoms with Crippen molar-refractivity contribution in [3.05, 3.63) is 84.4 Å². The first-order chi connectivity index (χ1) is 18.5. The van der Waals surface area contributed by atoms with Gasteiger partial charge in [0.2, 0.25) is 11.8 Å². The average molecular weight is 519 g/mol. The molecular weight excluding hydrogens is 484 g/mol. The number of amides is 2. The number of aliphatic hydroxyl groups excluding tert-OH is 1. The topological polar surface area (TPSA) is 96.4 Å². The van der Waals surface area contributed by atoms with Gasteiger partial charge in [-0.3, -0.25) is 14.4 Å². The van der Waals surface area contributed by atoms with Crippen molar-refractivity contribution in [1.82, 2.24) is 9.80 Å². The summed E-state index contributed by atoms with van der Waals surface area (Å²) in [4.78, 5) is 44.9. The third-order valence-electron chi connectivity index (χ3n) is 8.10. The van der Waals surface area contributed by atoms with Gasteiger partial charge in [-0.05, 0) is 30.9 Å². The zero-order valence-electron chi connectivity index (χ0n) is 21.6. The van der Waals surface area contributed by atoms with Crippen LogP contribution in [0.4, 0.5) is 0 Å². The van der Waals surface area contributed by atoms with Crippen LogP contribution in [-0.4, -0.2) is 70.2 Å². The molecule has 1 N–H and O–H groups in total. The number of hydrogen-bond donors (Lipinski definition) is 1. The molecule has 8 heteroatoms. The molecule has 2 bridgehead atoms. The van der Waals surface area contributed by atoms with E-state index in [4.69, 9.17) is 9.47 Å². The van der Waals surface area contributed by atoms with Crippen LogP contribution in [0.15, 0.2) is 73.3 Å². The molecule has 38 heavy (non-hydrogen) atoms. The van der Waals surface area contributed by atoms with Crippen molar-refractivity contribution < 1.29 is 29.0 Å². The molecule has 6 atom stereocenters. The zero-order chi connectivity index (χ0) is 26.9. The standard InChI is InChI=1S/C30H34N2O6/c1-3-17-31(18-20-11-7-5-8-12-20)28(35)26-30-16-15-23(38-30)24(29(36)37-4-2)25(30)27(34)32(26)22(19-33)21-13-9-6-10-14-21/h3,5-14,22-26,33H,1,4,15-19H2,2H3/t22-,23+,24-,25+,26?,30?/m1/s1. The van der Waals surface area contributed by atoms with E-state index in [0.717, 1.165) is 5.56 Å². The highest BCUT2D eigenvalue weighted by Gasteiger charge is 2.75. The maximum Gasteiger partial charge on any atom is 0.312 e. The van der Waals surface area contributed by atoms with Crippen molar-refractivity contribution in [2.75, 3.05) is 19.8 Å². The molecule has 3 aliphatic rings. The second-order valence-electron chi connectivity index (χ2n) is 10.2. The SMILES string of the molecule is C=CCN(Cc1ccccc1)C(=O)C1N([C@H](CO)c2ccccc2)C(=O)[C@@H]2[C@H](C(=O)OCC)[C@@H]3CCC12O3. The monoisotopic (exact) mass is 518 g/mol. The molecule has 200 valence electrons. The average Bonchev–Trinajstić information content (AvgIpc) is 3.58. The van der Waals surface area contributed by atoms with Crippen LogP contribution in [0.1, 0.15) is 36.9 Å². The van der Waals surface area contributed by atoms with Gasteiger partial charge in [0, 0.05) is 13.1 Å². The summed E-state index contributed by atoms with van der Waals surface area (Å²) in [6.07, 6.45) is 2.20. The molecule has 3 aliphatic heterocycles. The quantitative estimate of drug-likeness (QED) is 0.384. The predicted molar refractivity (Wildman–Crippen MR) is 139 cm³/mol. The fourth-order valence-electron chi connectivity index (χ4n) is 6.61. The summed E-state index contributed by atoms with van der Waals surface area (Å²) in [5, 5.41) is 10.6. The zero-order valence-corrected chi connectivity index (χ0v) is 21.6. The Hall–Kier alpha value is -3.49. The Morgan fingerprint density at radius 2 is 1.89 bits per heavy atom. The lowest BCUT2D eigenvalue weighted by Gasteiger charge is -2.39. The summed E-state index contributed by atoms with van der Waals surface area (Å²) in [6, 6.07) is 17.0. The molecule has 2 aromatic rings. The summed E-state index contributed by atoms with van der Waals surface area (Å²) in [5.74, 6) is -2.75. The molecule has 0 aromatic heterocycles. The van der Waals surface area contributed by atoms with Crippen molar-refractivity contribution in [3.63, 3.8) is 0 Å². The molecule has 2 amide bonds. The summed E-state index contributed by atoms with van der Waals surface area (Å²) in [7, 11) is 0. The summed E-state index contributed by atoms with van der Waals surface area (Å²) in [5.41, 5.74) is 0.475. The number of esters is 1. The number of fused-ring (bicyclic) bond motifs is 1. The van der Waals surface area contributed by atoms with Gasteiger partial charge in [-0.2, -0.15) is 0 Å². The van der Waals surface area contributed by atoms with Gasteiger partial charge in [-0.15, -0.1) is 6.58 Å². The number of rotatable bonds is 10. The van der Waals surface area contributed by atoms with Gasteiger partial charge in [-0.25, -0.2) is 0 Å². The van der Waals surface area contributed by atoms with Crippen molar-refractivity contribution in [3.8, 4) is 0 Å². The number of likely N-dealkylation sites (tertiary alicyclic amines) is 1. The number of carbonyl (C=O) groups is 3. The van der Waals surface area contributed by atoms with Crippen LogP contribution in [-0.2, 0) is 30.4 Å². The minimum absolute atomic E-state index is 0.190. The van der Waals surface area contributed by atoms with Crippen LogP contribution >= 0.6 is 0 Å². The van der Waals surface area contributed by atoms with Gasteiger partial charge < -0.3 is 24.4 Å². The largest absolute Gasteiger partial charge is 0.466 e. The normalized spacial score (nSPS) is 28.2. The van der Waals surface area contributed by atoms with E-state index in [1.54, 1.807) is 17.9 Å². The van der Waals surface area contributed by atoms with Crippen LogP contribution in [0, 0.1) is 11.8 Å². The van der Waals surface area contributed by atoms with E-state index in [1.165, 1.54) is 4.90 Å². The molecule has 0 radical (unpaired) electrons. The molecule has 3 heterocycles. The summed E-state index contributed by atoms with van der Waals surface area (Å²) >= 11 is 0. The lowest BCUT2D eigenvalue weighted by atomic mass is 9.70. The van der Waals surface area contributed by atoms with Gasteiger partial charge in [0.1, 0.15) is 11.6 Å². The van der Waals surface area contributed by atoms with Gasteiger partial charge >= 0.3 is 5.97 Å². The Morgan fingerprint density at radius 1 is 1.21 bits per heavy atom. The molecule has 3 fully saturated rings.